The lowest BCUT2D eigenvalue weighted by Gasteiger charge is -2.27. The van der Waals surface area contributed by atoms with Crippen molar-refractivity contribution in [1.29, 1.82) is 0 Å². The minimum atomic E-state index is -0.132. The average Bonchev–Trinajstić information content (AvgIpc) is 2.63. The molecular weight excluding hydrogens is 314 g/mol. The molecule has 25 heavy (non-hydrogen) atoms. The summed E-state index contributed by atoms with van der Waals surface area (Å²) < 4.78 is 5.69. The lowest BCUT2D eigenvalue weighted by molar-refractivity contribution is 0.120. The summed E-state index contributed by atoms with van der Waals surface area (Å²) in [5.41, 5.74) is 2.41. The zero-order valence-electron chi connectivity index (χ0n) is 15.6. The molecule has 1 aliphatic rings. The van der Waals surface area contributed by atoms with E-state index < -0.39 is 0 Å². The van der Waals surface area contributed by atoms with E-state index in [1.807, 2.05) is 0 Å². The number of nitrogens with one attached hydrogen (secondary N) is 2. The first-order valence-electron chi connectivity index (χ1n) is 9.60. The van der Waals surface area contributed by atoms with Crippen molar-refractivity contribution in [1.82, 2.24) is 10.6 Å². The van der Waals surface area contributed by atoms with Crippen molar-refractivity contribution in [3.05, 3.63) is 35.4 Å². The van der Waals surface area contributed by atoms with Crippen molar-refractivity contribution in [2.75, 3.05) is 13.2 Å². The number of ether oxygens (including phenoxy) is 1. The van der Waals surface area contributed by atoms with Gasteiger partial charge in [-0.1, -0.05) is 31.2 Å². The molecule has 0 aromatic heterocycles. The van der Waals surface area contributed by atoms with Crippen LogP contribution in [0, 0.1) is 0 Å². The minimum absolute atomic E-state index is 0.132. The van der Waals surface area contributed by atoms with Gasteiger partial charge in [0.25, 0.3) is 0 Å². The largest absolute Gasteiger partial charge is 0.393 e. The Kier molecular flexibility index (Phi) is 8.77. The quantitative estimate of drug-likeness (QED) is 0.384. The third kappa shape index (κ3) is 7.04. The smallest absolute Gasteiger partial charge is 0.191 e. The Hall–Kier alpha value is -1.59. The summed E-state index contributed by atoms with van der Waals surface area (Å²) in [6, 6.07) is 8.73. The van der Waals surface area contributed by atoms with Crippen molar-refractivity contribution in [3.63, 3.8) is 0 Å². The number of rotatable bonds is 8. The maximum absolute atomic E-state index is 9.65. The van der Waals surface area contributed by atoms with E-state index in [0.29, 0.717) is 19.2 Å². The second-order valence-electron chi connectivity index (χ2n) is 6.67. The standard InChI is InChI=1S/C20H33N3O2/c1-3-13-25-15-17-8-6-5-7-16(17)14-22-20(21-4-2)23-18-9-11-19(24)12-10-18/h5-8,18-19,24H,3-4,9-15H2,1-2H3,(H2,21,22,23). The Morgan fingerprint density at radius 1 is 1.16 bits per heavy atom. The molecule has 1 aromatic carbocycles. The Labute approximate surface area is 151 Å². The normalized spacial score (nSPS) is 21.2. The fourth-order valence-electron chi connectivity index (χ4n) is 3.08. The summed E-state index contributed by atoms with van der Waals surface area (Å²) in [5, 5.41) is 16.5. The van der Waals surface area contributed by atoms with Gasteiger partial charge in [-0.25, -0.2) is 4.99 Å². The second-order valence-corrected chi connectivity index (χ2v) is 6.67. The van der Waals surface area contributed by atoms with Crippen LogP contribution in [0.2, 0.25) is 0 Å². The highest BCUT2D eigenvalue weighted by atomic mass is 16.5. The van der Waals surface area contributed by atoms with E-state index in [2.05, 4.69) is 48.7 Å². The molecule has 0 atom stereocenters. The van der Waals surface area contributed by atoms with Gasteiger partial charge in [-0.2, -0.15) is 0 Å². The number of nitrogens with zero attached hydrogens (tertiary/aromatic N) is 1. The molecule has 0 spiro atoms. The lowest BCUT2D eigenvalue weighted by Crippen LogP contribution is -2.45. The van der Waals surface area contributed by atoms with Crippen molar-refractivity contribution in [2.24, 2.45) is 4.99 Å². The molecule has 0 saturated heterocycles. The van der Waals surface area contributed by atoms with Crippen LogP contribution in [0.4, 0.5) is 0 Å². The van der Waals surface area contributed by atoms with Gasteiger partial charge >= 0.3 is 0 Å². The van der Waals surface area contributed by atoms with Crippen LogP contribution in [-0.2, 0) is 17.9 Å². The molecule has 1 aliphatic carbocycles. The molecule has 5 heteroatoms. The summed E-state index contributed by atoms with van der Waals surface area (Å²) in [6.07, 6.45) is 4.63. The molecular formula is C20H33N3O2. The summed E-state index contributed by atoms with van der Waals surface area (Å²) >= 11 is 0. The zero-order valence-corrected chi connectivity index (χ0v) is 15.6. The molecule has 140 valence electrons. The van der Waals surface area contributed by atoms with E-state index in [0.717, 1.165) is 51.2 Å². The van der Waals surface area contributed by atoms with E-state index in [1.54, 1.807) is 0 Å². The number of benzene rings is 1. The van der Waals surface area contributed by atoms with E-state index in [1.165, 1.54) is 11.1 Å². The number of hydrogen-bond donors (Lipinski definition) is 3. The number of hydrogen-bond acceptors (Lipinski definition) is 3. The van der Waals surface area contributed by atoms with Gasteiger partial charge in [0.15, 0.2) is 5.96 Å². The Morgan fingerprint density at radius 3 is 2.56 bits per heavy atom. The maximum atomic E-state index is 9.65. The summed E-state index contributed by atoms with van der Waals surface area (Å²) in [5.74, 6) is 0.855. The molecule has 0 bridgehead atoms. The average molecular weight is 348 g/mol. The molecule has 1 fully saturated rings. The van der Waals surface area contributed by atoms with Gasteiger partial charge in [0.05, 0.1) is 19.3 Å². The zero-order chi connectivity index (χ0) is 17.9. The Morgan fingerprint density at radius 2 is 1.88 bits per heavy atom. The summed E-state index contributed by atoms with van der Waals surface area (Å²) in [6.45, 7) is 7.10. The Bertz CT molecular complexity index is 525. The molecule has 1 saturated carbocycles. The number of aliphatic imine (C=N–C) groups is 1. The monoisotopic (exact) mass is 347 g/mol. The molecule has 0 amide bonds. The van der Waals surface area contributed by atoms with E-state index in [9.17, 15) is 5.11 Å². The number of aliphatic hydroxyl groups excluding tert-OH is 1. The van der Waals surface area contributed by atoms with Gasteiger partial charge in [0, 0.05) is 19.2 Å². The number of aliphatic hydroxyl groups is 1. The van der Waals surface area contributed by atoms with Crippen LogP contribution in [0.15, 0.2) is 29.3 Å². The Balaban J connectivity index is 1.96. The van der Waals surface area contributed by atoms with Crippen molar-refractivity contribution in [3.8, 4) is 0 Å². The molecule has 2 rings (SSSR count). The molecule has 5 nitrogen and oxygen atoms in total. The van der Waals surface area contributed by atoms with Crippen LogP contribution >= 0.6 is 0 Å². The molecule has 1 aromatic rings. The highest BCUT2D eigenvalue weighted by Crippen LogP contribution is 2.18. The topological polar surface area (TPSA) is 65.9 Å². The van der Waals surface area contributed by atoms with E-state index >= 15 is 0 Å². The fourth-order valence-corrected chi connectivity index (χ4v) is 3.08. The summed E-state index contributed by atoms with van der Waals surface area (Å²) in [4.78, 5) is 4.76. The predicted molar refractivity (Wildman–Crippen MR) is 103 cm³/mol. The predicted octanol–water partition coefficient (Wildman–Crippen LogP) is 2.97. The first-order chi connectivity index (χ1) is 12.2. The van der Waals surface area contributed by atoms with Gasteiger partial charge in [0.1, 0.15) is 0 Å². The van der Waals surface area contributed by atoms with Crippen molar-refractivity contribution >= 4 is 5.96 Å². The third-order valence-corrected chi connectivity index (χ3v) is 4.51. The van der Waals surface area contributed by atoms with Gasteiger partial charge in [-0.15, -0.1) is 0 Å². The van der Waals surface area contributed by atoms with Gasteiger partial charge in [-0.3, -0.25) is 0 Å². The molecule has 0 unspecified atom stereocenters. The molecule has 3 N–H and O–H groups in total. The van der Waals surface area contributed by atoms with Crippen LogP contribution in [0.5, 0.6) is 0 Å². The lowest BCUT2D eigenvalue weighted by atomic mass is 9.93. The highest BCUT2D eigenvalue weighted by molar-refractivity contribution is 5.80. The maximum Gasteiger partial charge on any atom is 0.191 e. The van der Waals surface area contributed by atoms with Gasteiger partial charge < -0.3 is 20.5 Å². The molecule has 0 aliphatic heterocycles. The molecule has 0 radical (unpaired) electrons. The third-order valence-electron chi connectivity index (χ3n) is 4.51. The van der Waals surface area contributed by atoms with Gasteiger partial charge in [0.2, 0.25) is 0 Å². The SMILES string of the molecule is CCCOCc1ccccc1CN=C(NCC)NC1CCC(O)CC1. The van der Waals surface area contributed by atoms with Crippen LogP contribution < -0.4 is 10.6 Å². The first kappa shape index (κ1) is 19.7. The first-order valence-corrected chi connectivity index (χ1v) is 9.60. The van der Waals surface area contributed by atoms with Crippen LogP contribution in [0.25, 0.3) is 0 Å². The number of guanidine groups is 1. The minimum Gasteiger partial charge on any atom is -0.393 e. The van der Waals surface area contributed by atoms with Gasteiger partial charge in [-0.05, 0) is 50.2 Å². The van der Waals surface area contributed by atoms with Crippen LogP contribution in [0.3, 0.4) is 0 Å². The summed E-state index contributed by atoms with van der Waals surface area (Å²) in [7, 11) is 0. The molecule has 0 heterocycles. The fraction of sp³-hybridized carbons (Fsp3) is 0.650. The van der Waals surface area contributed by atoms with Crippen LogP contribution in [-0.4, -0.2) is 36.4 Å². The van der Waals surface area contributed by atoms with E-state index in [4.69, 9.17) is 9.73 Å². The van der Waals surface area contributed by atoms with Crippen LogP contribution in [0.1, 0.15) is 57.1 Å². The van der Waals surface area contributed by atoms with Crippen molar-refractivity contribution < 1.29 is 9.84 Å². The highest BCUT2D eigenvalue weighted by Gasteiger charge is 2.19. The van der Waals surface area contributed by atoms with E-state index in [-0.39, 0.29) is 6.10 Å². The van der Waals surface area contributed by atoms with Crippen molar-refractivity contribution in [2.45, 2.75) is 71.2 Å². The second kappa shape index (κ2) is 11.1.